The van der Waals surface area contributed by atoms with Crippen molar-refractivity contribution in [1.82, 2.24) is 15.3 Å². The van der Waals surface area contributed by atoms with Crippen LogP contribution in [0.25, 0.3) is 0 Å². The Balaban J connectivity index is 0.00000144. The molecule has 0 atom stereocenters. The molecule has 0 aromatic carbocycles. The molecule has 1 aliphatic heterocycles. The molecule has 1 N–H and O–H groups in total. The van der Waals surface area contributed by atoms with Gasteiger partial charge in [0, 0.05) is 6.07 Å². The number of halogens is 2. The largest absolute Gasteiger partial charge is 0.474 e. The number of thioether (sulfide) groups is 1. The van der Waals surface area contributed by atoms with Gasteiger partial charge in [-0.1, -0.05) is 23.4 Å². The fourth-order valence-corrected chi connectivity index (χ4v) is 2.21. The first-order valence-electron chi connectivity index (χ1n) is 5.24. The average Bonchev–Trinajstić information content (AvgIpc) is 2.29. The molecule has 96 valence electrons. The van der Waals surface area contributed by atoms with Gasteiger partial charge < -0.3 is 10.1 Å². The number of rotatable bonds is 3. The predicted octanol–water partition coefficient (Wildman–Crippen LogP) is 2.40. The predicted molar refractivity (Wildman–Crippen MR) is 72.6 cm³/mol. The Bertz CT molecular complexity index is 361. The molecule has 0 unspecified atom stereocenters. The minimum Gasteiger partial charge on any atom is -0.474 e. The van der Waals surface area contributed by atoms with Gasteiger partial charge in [-0.2, -0.15) is 4.98 Å². The van der Waals surface area contributed by atoms with Crippen molar-refractivity contribution in [3.8, 4) is 5.88 Å². The highest BCUT2D eigenvalue weighted by Crippen LogP contribution is 2.21. The Morgan fingerprint density at radius 3 is 2.76 bits per heavy atom. The molecule has 1 aromatic heterocycles. The van der Waals surface area contributed by atoms with E-state index in [9.17, 15) is 0 Å². The number of hydrogen-bond acceptors (Lipinski definition) is 5. The monoisotopic (exact) mass is 295 g/mol. The number of ether oxygens (including phenoxy) is 1. The van der Waals surface area contributed by atoms with Crippen LogP contribution in [0.15, 0.2) is 11.2 Å². The molecule has 1 saturated heterocycles. The van der Waals surface area contributed by atoms with E-state index in [4.69, 9.17) is 16.3 Å². The molecule has 0 radical (unpaired) electrons. The summed E-state index contributed by atoms with van der Waals surface area (Å²) < 4.78 is 5.79. The maximum Gasteiger partial charge on any atom is 0.219 e. The summed E-state index contributed by atoms with van der Waals surface area (Å²) in [6.45, 7) is 2.00. The van der Waals surface area contributed by atoms with Crippen molar-refractivity contribution in [3.05, 3.63) is 11.2 Å². The zero-order chi connectivity index (χ0) is 11.4. The number of nitrogens with zero attached hydrogens (tertiary/aromatic N) is 2. The number of aromatic nitrogens is 2. The maximum absolute atomic E-state index is 5.89. The highest BCUT2D eigenvalue weighted by Gasteiger charge is 2.15. The summed E-state index contributed by atoms with van der Waals surface area (Å²) in [5, 5.41) is 4.37. The van der Waals surface area contributed by atoms with Gasteiger partial charge in [0.25, 0.3) is 0 Å². The molecular formula is C10H15Cl2N3OS. The molecule has 0 aliphatic carbocycles. The third kappa shape index (κ3) is 4.50. The van der Waals surface area contributed by atoms with Crippen LogP contribution in [0.4, 0.5) is 0 Å². The molecule has 1 aliphatic rings. The number of nitrogens with one attached hydrogen (secondary N) is 1. The van der Waals surface area contributed by atoms with E-state index in [1.807, 2.05) is 6.26 Å². The lowest BCUT2D eigenvalue weighted by Crippen LogP contribution is -2.34. The second-order valence-electron chi connectivity index (χ2n) is 3.58. The quantitative estimate of drug-likeness (QED) is 0.527. The summed E-state index contributed by atoms with van der Waals surface area (Å²) in [7, 11) is 0. The molecule has 0 amide bonds. The van der Waals surface area contributed by atoms with Gasteiger partial charge in [-0.15, -0.1) is 12.4 Å². The molecule has 17 heavy (non-hydrogen) atoms. The van der Waals surface area contributed by atoms with Crippen LogP contribution in [-0.4, -0.2) is 35.4 Å². The van der Waals surface area contributed by atoms with Gasteiger partial charge in [-0.3, -0.25) is 0 Å². The van der Waals surface area contributed by atoms with Crippen molar-refractivity contribution in [2.45, 2.75) is 24.1 Å². The smallest absolute Gasteiger partial charge is 0.219 e. The van der Waals surface area contributed by atoms with E-state index in [1.165, 1.54) is 11.8 Å². The highest BCUT2D eigenvalue weighted by atomic mass is 35.5. The van der Waals surface area contributed by atoms with Crippen LogP contribution in [0.3, 0.4) is 0 Å². The Morgan fingerprint density at radius 2 is 2.12 bits per heavy atom. The van der Waals surface area contributed by atoms with Crippen LogP contribution < -0.4 is 10.1 Å². The minimum atomic E-state index is 0. The second kappa shape index (κ2) is 7.26. The van der Waals surface area contributed by atoms with E-state index in [0.717, 1.165) is 25.9 Å². The molecule has 1 fully saturated rings. The fourth-order valence-electron chi connectivity index (χ4n) is 1.61. The first kappa shape index (κ1) is 14.8. The Kier molecular flexibility index (Phi) is 6.33. The van der Waals surface area contributed by atoms with Crippen molar-refractivity contribution >= 4 is 35.8 Å². The zero-order valence-electron chi connectivity index (χ0n) is 9.48. The van der Waals surface area contributed by atoms with Gasteiger partial charge in [0.2, 0.25) is 5.88 Å². The van der Waals surface area contributed by atoms with E-state index in [2.05, 4.69) is 15.3 Å². The standard InChI is InChI=1S/C10H14ClN3OS.ClH/c1-16-10-13-8(11)6-9(14-10)15-7-2-4-12-5-3-7;/h6-7,12H,2-5H2,1H3;1H. The summed E-state index contributed by atoms with van der Waals surface area (Å²) in [5.74, 6) is 0.580. The highest BCUT2D eigenvalue weighted by molar-refractivity contribution is 7.98. The van der Waals surface area contributed by atoms with Crippen LogP contribution in [0.2, 0.25) is 5.15 Å². The topological polar surface area (TPSA) is 47.0 Å². The molecule has 0 spiro atoms. The van der Waals surface area contributed by atoms with Crippen LogP contribution in [0, 0.1) is 0 Å². The van der Waals surface area contributed by atoms with Crippen LogP contribution in [0.5, 0.6) is 5.88 Å². The van der Waals surface area contributed by atoms with E-state index in [1.54, 1.807) is 6.07 Å². The lowest BCUT2D eigenvalue weighted by atomic mass is 10.1. The molecule has 1 aromatic rings. The third-order valence-electron chi connectivity index (χ3n) is 2.41. The van der Waals surface area contributed by atoms with Gasteiger partial charge in [-0.05, 0) is 32.2 Å². The number of piperidine rings is 1. The Labute approximate surface area is 116 Å². The van der Waals surface area contributed by atoms with Gasteiger partial charge >= 0.3 is 0 Å². The van der Waals surface area contributed by atoms with Crippen molar-refractivity contribution in [3.63, 3.8) is 0 Å². The van der Waals surface area contributed by atoms with Crippen LogP contribution >= 0.6 is 35.8 Å². The molecule has 0 bridgehead atoms. The van der Waals surface area contributed by atoms with Crippen LogP contribution in [-0.2, 0) is 0 Å². The van der Waals surface area contributed by atoms with Gasteiger partial charge in [0.15, 0.2) is 5.16 Å². The van der Waals surface area contributed by atoms with E-state index >= 15 is 0 Å². The summed E-state index contributed by atoms with van der Waals surface area (Å²) in [5.41, 5.74) is 0. The van der Waals surface area contributed by atoms with Crippen LogP contribution in [0.1, 0.15) is 12.8 Å². The SMILES string of the molecule is CSc1nc(Cl)cc(OC2CCNCC2)n1.Cl. The summed E-state index contributed by atoms with van der Waals surface area (Å²) in [4.78, 5) is 8.34. The maximum atomic E-state index is 5.89. The molecule has 4 nitrogen and oxygen atoms in total. The average molecular weight is 296 g/mol. The summed E-state index contributed by atoms with van der Waals surface area (Å²) >= 11 is 7.35. The summed E-state index contributed by atoms with van der Waals surface area (Å²) in [6, 6.07) is 1.67. The van der Waals surface area contributed by atoms with E-state index < -0.39 is 0 Å². The molecule has 2 heterocycles. The fraction of sp³-hybridized carbons (Fsp3) is 0.600. The molecular weight excluding hydrogens is 281 g/mol. The van der Waals surface area contributed by atoms with Gasteiger partial charge in [0.05, 0.1) is 0 Å². The Hall–Kier alpha value is -0.230. The Morgan fingerprint density at radius 1 is 1.41 bits per heavy atom. The lowest BCUT2D eigenvalue weighted by molar-refractivity contribution is 0.154. The molecule has 7 heteroatoms. The van der Waals surface area contributed by atoms with Gasteiger partial charge in [0.1, 0.15) is 11.3 Å². The minimum absolute atomic E-state index is 0. The second-order valence-corrected chi connectivity index (χ2v) is 4.74. The zero-order valence-corrected chi connectivity index (χ0v) is 11.9. The third-order valence-corrected chi connectivity index (χ3v) is 3.15. The van der Waals surface area contributed by atoms with Crippen molar-refractivity contribution in [2.75, 3.05) is 19.3 Å². The summed E-state index contributed by atoms with van der Waals surface area (Å²) in [6.07, 6.45) is 4.17. The van der Waals surface area contributed by atoms with Crippen molar-refractivity contribution < 1.29 is 4.74 Å². The lowest BCUT2D eigenvalue weighted by Gasteiger charge is -2.23. The van der Waals surface area contributed by atoms with Crippen molar-refractivity contribution in [1.29, 1.82) is 0 Å². The number of hydrogen-bond donors (Lipinski definition) is 1. The molecule has 0 saturated carbocycles. The first-order valence-corrected chi connectivity index (χ1v) is 6.84. The van der Waals surface area contributed by atoms with Gasteiger partial charge in [-0.25, -0.2) is 4.98 Å². The molecule has 2 rings (SSSR count). The normalized spacial score (nSPS) is 16.4. The van der Waals surface area contributed by atoms with Crippen molar-refractivity contribution in [2.24, 2.45) is 0 Å². The van der Waals surface area contributed by atoms with E-state index in [-0.39, 0.29) is 18.5 Å². The first-order chi connectivity index (χ1) is 7.78. The van der Waals surface area contributed by atoms with E-state index in [0.29, 0.717) is 16.2 Å².